The number of benzene rings is 2. The number of aryl methyl sites for hydroxylation is 1. The minimum atomic E-state index is -1.69. The molecule has 1 unspecified atom stereocenters. The molecule has 1 N–H and O–H groups in total. The van der Waals surface area contributed by atoms with Gasteiger partial charge in [-0.15, -0.1) is 0 Å². The summed E-state index contributed by atoms with van der Waals surface area (Å²) in [5.74, 6) is -0.532. The van der Waals surface area contributed by atoms with E-state index in [-0.39, 0.29) is 4.87 Å². The summed E-state index contributed by atoms with van der Waals surface area (Å²) in [5, 5.41) is 9.94. The van der Waals surface area contributed by atoms with E-state index >= 15 is 0 Å². The first-order valence-corrected chi connectivity index (χ1v) is 11.6. The minimum absolute atomic E-state index is 0.171. The van der Waals surface area contributed by atoms with Crippen LogP contribution in [0.1, 0.15) is 23.6 Å². The molecule has 1 atom stereocenters. The van der Waals surface area contributed by atoms with E-state index in [1.807, 2.05) is 0 Å². The van der Waals surface area contributed by atoms with Gasteiger partial charge in [-0.05, 0) is 54.3 Å². The first-order chi connectivity index (χ1) is 16.2. The summed E-state index contributed by atoms with van der Waals surface area (Å²) in [4.78, 5) is 49.9. The van der Waals surface area contributed by atoms with E-state index in [1.165, 1.54) is 4.57 Å². The molecule has 5 rings (SSSR count). The second kappa shape index (κ2) is 8.15. The van der Waals surface area contributed by atoms with Crippen LogP contribution in [-0.4, -0.2) is 25.0 Å². The van der Waals surface area contributed by atoms with Crippen molar-refractivity contribution in [2.75, 3.05) is 0 Å². The molecule has 4 aromatic rings. The zero-order valence-electron chi connectivity index (χ0n) is 17.4. The zero-order valence-corrected chi connectivity index (χ0v) is 19.8. The minimum Gasteiger partial charge on any atom is -0.449 e. The normalized spacial score (nSPS) is 15.0. The number of nitrogens with zero attached hydrogens (tertiary/aromatic N) is 3. The number of ether oxygens (including phenoxy) is 1. The number of rotatable bonds is 3. The van der Waals surface area contributed by atoms with E-state index in [1.54, 1.807) is 37.4 Å². The molecular formula is C22H15Cl2N3O6S. The lowest BCUT2D eigenvalue weighted by Gasteiger charge is -2.18. The smallest absolute Gasteiger partial charge is 0.449 e. The number of hydrogen-bond donors (Lipinski definition) is 1. The Hall–Kier alpha value is -3.34. The molecule has 0 bridgehead atoms. The third-order valence-electron chi connectivity index (χ3n) is 5.87. The van der Waals surface area contributed by atoms with Crippen molar-refractivity contribution in [2.24, 2.45) is 7.05 Å². The average Bonchev–Trinajstić information content (AvgIpc) is 3.30. The fraction of sp³-hybridized carbons (Fsp3) is 0.182. The highest BCUT2D eigenvalue weighted by molar-refractivity contribution is 7.16. The Labute approximate surface area is 204 Å². The monoisotopic (exact) mass is 519 g/mol. The maximum Gasteiger partial charge on any atom is 0.511 e. The molecule has 9 nitrogen and oxygen atoms in total. The Morgan fingerprint density at radius 3 is 2.68 bits per heavy atom. The molecule has 34 heavy (non-hydrogen) atoms. The number of carbonyl (C=O) groups is 1. The van der Waals surface area contributed by atoms with Crippen LogP contribution >= 0.6 is 34.5 Å². The number of thiazole rings is 1. The predicted octanol–water partition coefficient (Wildman–Crippen LogP) is 3.81. The van der Waals surface area contributed by atoms with Crippen molar-refractivity contribution in [3.8, 4) is 11.4 Å². The van der Waals surface area contributed by atoms with Gasteiger partial charge in [0.05, 0.1) is 28.1 Å². The number of fused-ring (bicyclic) bond motifs is 2. The van der Waals surface area contributed by atoms with Gasteiger partial charge >= 0.3 is 16.7 Å². The van der Waals surface area contributed by atoms with Crippen molar-refractivity contribution in [2.45, 2.75) is 18.9 Å². The van der Waals surface area contributed by atoms with Gasteiger partial charge in [0, 0.05) is 17.1 Å². The Balaban J connectivity index is 1.77. The van der Waals surface area contributed by atoms with Gasteiger partial charge in [-0.3, -0.25) is 14.2 Å². The Bertz CT molecular complexity index is 1680. The largest absolute Gasteiger partial charge is 0.511 e. The second-order valence-electron chi connectivity index (χ2n) is 7.78. The highest BCUT2D eigenvalue weighted by Crippen LogP contribution is 2.39. The lowest BCUT2D eigenvalue weighted by molar-refractivity contribution is 0.143. The summed E-state index contributed by atoms with van der Waals surface area (Å²) in [5.41, 5.74) is 0.825. The fourth-order valence-corrected chi connectivity index (χ4v) is 5.85. The average molecular weight is 520 g/mol. The summed E-state index contributed by atoms with van der Waals surface area (Å²) < 4.78 is 8.93. The van der Waals surface area contributed by atoms with Crippen LogP contribution in [0, 0.1) is 0 Å². The molecule has 2 heterocycles. The third kappa shape index (κ3) is 3.54. The van der Waals surface area contributed by atoms with Crippen LogP contribution in [-0.2, 0) is 13.5 Å². The summed E-state index contributed by atoms with van der Waals surface area (Å²) in [6.07, 6.45) is 0.252. The van der Waals surface area contributed by atoms with Gasteiger partial charge in [0.2, 0.25) is 5.75 Å². The maximum absolute atomic E-state index is 13.6. The van der Waals surface area contributed by atoms with Crippen LogP contribution in [0.4, 0.5) is 4.79 Å². The van der Waals surface area contributed by atoms with Gasteiger partial charge in [-0.1, -0.05) is 34.5 Å². The van der Waals surface area contributed by atoms with E-state index in [0.29, 0.717) is 44.4 Å². The molecule has 1 aliphatic rings. The van der Waals surface area contributed by atoms with Gasteiger partial charge < -0.3 is 14.4 Å². The van der Waals surface area contributed by atoms with Crippen LogP contribution in [0.25, 0.3) is 15.9 Å². The van der Waals surface area contributed by atoms with Crippen LogP contribution in [0.2, 0.25) is 10.0 Å². The van der Waals surface area contributed by atoms with E-state index in [2.05, 4.69) is 0 Å². The van der Waals surface area contributed by atoms with Crippen molar-refractivity contribution in [1.82, 2.24) is 13.7 Å². The molecular weight excluding hydrogens is 505 g/mol. The standard InChI is InChI=1S/C22H15Cl2N3O6S/c1-25-16-4-2-11(8-18(16)34-21(25)30)26-9-17(33-22(31)32)19(28)27(20(26)29)15-5-3-12-13(15)6-10(23)7-14(12)24/h2,4,6-9,15H,3,5H2,1H3,(H,31,32). The first-order valence-electron chi connectivity index (χ1n) is 10.0. The number of hydrogen-bond acceptors (Lipinski definition) is 6. The summed E-state index contributed by atoms with van der Waals surface area (Å²) >= 11 is 13.5. The second-order valence-corrected chi connectivity index (χ2v) is 9.61. The van der Waals surface area contributed by atoms with Crippen molar-refractivity contribution >= 4 is 50.9 Å². The molecule has 12 heteroatoms. The molecule has 0 spiro atoms. The van der Waals surface area contributed by atoms with Gasteiger partial charge in [0.25, 0.3) is 5.56 Å². The number of carboxylic acid groups (broad SMARTS) is 1. The molecule has 174 valence electrons. The molecule has 0 radical (unpaired) electrons. The Morgan fingerprint density at radius 1 is 1.18 bits per heavy atom. The van der Waals surface area contributed by atoms with Gasteiger partial charge in [0.15, 0.2) is 0 Å². The summed E-state index contributed by atoms with van der Waals surface area (Å²) in [6.45, 7) is 0. The molecule has 0 fully saturated rings. The number of aromatic nitrogens is 3. The predicted molar refractivity (Wildman–Crippen MR) is 128 cm³/mol. The Morgan fingerprint density at radius 2 is 1.94 bits per heavy atom. The molecule has 2 aromatic carbocycles. The summed E-state index contributed by atoms with van der Waals surface area (Å²) in [6, 6.07) is 7.42. The fourth-order valence-electron chi connectivity index (χ4n) is 4.33. The van der Waals surface area contributed by atoms with Crippen LogP contribution in [0.5, 0.6) is 5.75 Å². The highest BCUT2D eigenvalue weighted by atomic mass is 35.5. The van der Waals surface area contributed by atoms with Gasteiger partial charge in [-0.2, -0.15) is 0 Å². The van der Waals surface area contributed by atoms with E-state index in [0.717, 1.165) is 32.2 Å². The van der Waals surface area contributed by atoms with Crippen LogP contribution in [0.15, 0.2) is 50.9 Å². The Kier molecular flexibility index (Phi) is 5.38. The van der Waals surface area contributed by atoms with Crippen LogP contribution in [0.3, 0.4) is 0 Å². The van der Waals surface area contributed by atoms with E-state index < -0.39 is 29.2 Å². The molecule has 2 aromatic heterocycles. The molecule has 0 saturated carbocycles. The van der Waals surface area contributed by atoms with Gasteiger partial charge in [-0.25, -0.2) is 14.2 Å². The van der Waals surface area contributed by atoms with Crippen molar-refractivity contribution in [3.63, 3.8) is 0 Å². The zero-order chi connectivity index (χ0) is 24.3. The molecule has 0 amide bonds. The quantitative estimate of drug-likeness (QED) is 0.411. The SMILES string of the molecule is Cn1c(=O)sc2cc(-n3cc(OC(=O)O)c(=O)n(C4CCc5c(Cl)cc(Cl)cc54)c3=O)ccc21. The first kappa shape index (κ1) is 22.5. The number of halogens is 2. The highest BCUT2D eigenvalue weighted by Gasteiger charge is 2.31. The lowest BCUT2D eigenvalue weighted by atomic mass is 10.1. The van der Waals surface area contributed by atoms with Crippen molar-refractivity contribution < 1.29 is 14.6 Å². The van der Waals surface area contributed by atoms with Crippen molar-refractivity contribution in [3.05, 3.63) is 88.2 Å². The molecule has 1 aliphatic carbocycles. The third-order valence-corrected chi connectivity index (χ3v) is 7.42. The molecule has 0 saturated heterocycles. The van der Waals surface area contributed by atoms with Gasteiger partial charge in [0.1, 0.15) is 0 Å². The van der Waals surface area contributed by atoms with Crippen LogP contribution < -0.4 is 20.9 Å². The van der Waals surface area contributed by atoms with E-state index in [4.69, 9.17) is 33.0 Å². The lowest BCUT2D eigenvalue weighted by Crippen LogP contribution is -2.42. The van der Waals surface area contributed by atoms with E-state index in [9.17, 15) is 19.2 Å². The topological polar surface area (TPSA) is 113 Å². The molecule has 0 aliphatic heterocycles. The summed E-state index contributed by atoms with van der Waals surface area (Å²) in [7, 11) is 1.64. The maximum atomic E-state index is 13.6. The van der Waals surface area contributed by atoms with Crippen molar-refractivity contribution in [1.29, 1.82) is 0 Å².